The van der Waals surface area contributed by atoms with E-state index in [1.165, 1.54) is 7.11 Å². The molecule has 2 aromatic rings. The van der Waals surface area contributed by atoms with Gasteiger partial charge in [0, 0.05) is 10.2 Å². The van der Waals surface area contributed by atoms with E-state index < -0.39 is 5.54 Å². The monoisotopic (exact) mass is 333 g/mol. The lowest BCUT2D eigenvalue weighted by molar-refractivity contribution is -0.145. The largest absolute Gasteiger partial charge is 0.467 e. The average molecular weight is 334 g/mol. The van der Waals surface area contributed by atoms with Gasteiger partial charge in [0.25, 0.3) is 0 Å². The van der Waals surface area contributed by atoms with Gasteiger partial charge in [0.05, 0.1) is 7.11 Å². The van der Waals surface area contributed by atoms with E-state index in [0.717, 1.165) is 15.7 Å². The Balaban J connectivity index is 2.38. The van der Waals surface area contributed by atoms with Crippen LogP contribution < -0.4 is 5.32 Å². The first kappa shape index (κ1) is 14.6. The topological polar surface area (TPSA) is 38.3 Å². The van der Waals surface area contributed by atoms with E-state index in [1.807, 2.05) is 61.5 Å². The van der Waals surface area contributed by atoms with Gasteiger partial charge in [-0.2, -0.15) is 0 Å². The molecule has 0 bridgehead atoms. The number of nitrogens with one attached hydrogen (secondary N) is 1. The number of anilines is 1. The Morgan fingerprint density at radius 3 is 2.25 bits per heavy atom. The van der Waals surface area contributed by atoms with Crippen LogP contribution in [0.4, 0.5) is 5.69 Å². The van der Waals surface area contributed by atoms with Crippen LogP contribution >= 0.6 is 15.9 Å². The van der Waals surface area contributed by atoms with Crippen molar-refractivity contribution in [3.05, 3.63) is 64.6 Å². The second kappa shape index (κ2) is 6.09. The molecular weight excluding hydrogens is 318 g/mol. The van der Waals surface area contributed by atoms with E-state index in [-0.39, 0.29) is 5.97 Å². The molecule has 104 valence electrons. The van der Waals surface area contributed by atoms with Crippen molar-refractivity contribution < 1.29 is 9.53 Å². The van der Waals surface area contributed by atoms with Gasteiger partial charge in [-0.15, -0.1) is 0 Å². The van der Waals surface area contributed by atoms with Crippen molar-refractivity contribution in [2.45, 2.75) is 12.5 Å². The Morgan fingerprint density at radius 1 is 1.10 bits per heavy atom. The molecular formula is C16H16BrNO2. The van der Waals surface area contributed by atoms with Gasteiger partial charge >= 0.3 is 5.97 Å². The number of benzene rings is 2. The molecule has 2 aromatic carbocycles. The SMILES string of the molecule is COC(=O)C(C)(Nc1ccc(Br)cc1)c1ccccc1. The lowest BCUT2D eigenvalue weighted by Gasteiger charge is -2.29. The number of hydrogen-bond donors (Lipinski definition) is 1. The third-order valence-electron chi connectivity index (χ3n) is 3.18. The lowest BCUT2D eigenvalue weighted by atomic mass is 9.91. The number of carbonyl (C=O) groups excluding carboxylic acids is 1. The number of hydrogen-bond acceptors (Lipinski definition) is 3. The minimum Gasteiger partial charge on any atom is -0.467 e. The van der Waals surface area contributed by atoms with Gasteiger partial charge < -0.3 is 10.1 Å². The minimum atomic E-state index is -0.927. The molecule has 3 nitrogen and oxygen atoms in total. The van der Waals surface area contributed by atoms with Gasteiger partial charge in [-0.1, -0.05) is 46.3 Å². The number of halogens is 1. The molecule has 0 heterocycles. The van der Waals surface area contributed by atoms with Gasteiger partial charge in [0.1, 0.15) is 0 Å². The highest BCUT2D eigenvalue weighted by Crippen LogP contribution is 2.28. The summed E-state index contributed by atoms with van der Waals surface area (Å²) in [4.78, 5) is 12.2. The van der Waals surface area contributed by atoms with Crippen LogP contribution in [0.2, 0.25) is 0 Å². The van der Waals surface area contributed by atoms with E-state index in [9.17, 15) is 4.79 Å². The number of esters is 1. The van der Waals surface area contributed by atoms with Gasteiger partial charge in [-0.25, -0.2) is 4.79 Å². The molecule has 1 unspecified atom stereocenters. The second-order valence-corrected chi connectivity index (χ2v) is 5.53. The van der Waals surface area contributed by atoms with Crippen molar-refractivity contribution in [2.75, 3.05) is 12.4 Å². The third-order valence-corrected chi connectivity index (χ3v) is 3.71. The first-order valence-electron chi connectivity index (χ1n) is 6.24. The molecule has 1 N–H and O–H groups in total. The average Bonchev–Trinajstić information content (AvgIpc) is 2.49. The van der Waals surface area contributed by atoms with Crippen molar-refractivity contribution in [1.29, 1.82) is 0 Å². The lowest BCUT2D eigenvalue weighted by Crippen LogP contribution is -2.41. The Morgan fingerprint density at radius 2 is 1.70 bits per heavy atom. The minimum absolute atomic E-state index is 0.327. The van der Waals surface area contributed by atoms with Crippen LogP contribution in [-0.4, -0.2) is 13.1 Å². The van der Waals surface area contributed by atoms with Crippen LogP contribution in [0.3, 0.4) is 0 Å². The fourth-order valence-corrected chi connectivity index (χ4v) is 2.30. The van der Waals surface area contributed by atoms with E-state index in [4.69, 9.17) is 4.74 Å². The number of rotatable bonds is 4. The van der Waals surface area contributed by atoms with Crippen LogP contribution in [0.25, 0.3) is 0 Å². The van der Waals surface area contributed by atoms with E-state index in [2.05, 4.69) is 21.2 Å². The zero-order chi connectivity index (χ0) is 14.6. The predicted octanol–water partition coefficient (Wildman–Crippen LogP) is 3.95. The van der Waals surface area contributed by atoms with Crippen LogP contribution in [-0.2, 0) is 15.1 Å². The van der Waals surface area contributed by atoms with Gasteiger partial charge in [0.2, 0.25) is 0 Å². The molecule has 0 aliphatic heterocycles. The third kappa shape index (κ3) is 3.02. The highest BCUT2D eigenvalue weighted by molar-refractivity contribution is 9.10. The van der Waals surface area contributed by atoms with Crippen molar-refractivity contribution >= 4 is 27.6 Å². The fraction of sp³-hybridized carbons (Fsp3) is 0.188. The zero-order valence-electron chi connectivity index (χ0n) is 11.4. The molecule has 0 fully saturated rings. The Labute approximate surface area is 127 Å². The molecule has 0 aliphatic carbocycles. The normalized spacial score (nSPS) is 13.3. The molecule has 0 amide bonds. The Bertz CT molecular complexity index is 583. The van der Waals surface area contributed by atoms with Gasteiger partial charge in [0.15, 0.2) is 5.54 Å². The molecule has 2 rings (SSSR count). The summed E-state index contributed by atoms with van der Waals surface area (Å²) in [6, 6.07) is 17.2. The summed E-state index contributed by atoms with van der Waals surface area (Å²) in [5.74, 6) is -0.327. The summed E-state index contributed by atoms with van der Waals surface area (Å²) in [6.45, 7) is 1.82. The zero-order valence-corrected chi connectivity index (χ0v) is 13.0. The molecule has 0 spiro atoms. The Hall–Kier alpha value is -1.81. The molecule has 1 atom stereocenters. The Kier molecular flexibility index (Phi) is 4.45. The van der Waals surface area contributed by atoms with Crippen LogP contribution in [0.5, 0.6) is 0 Å². The van der Waals surface area contributed by atoms with Crippen molar-refractivity contribution in [3.8, 4) is 0 Å². The van der Waals surface area contributed by atoms with E-state index in [1.54, 1.807) is 0 Å². The standard InChI is InChI=1S/C16H16BrNO2/c1-16(15(19)20-2,12-6-4-3-5-7-12)18-14-10-8-13(17)9-11-14/h3-11,18H,1-2H3. The second-order valence-electron chi connectivity index (χ2n) is 4.61. The van der Waals surface area contributed by atoms with Crippen molar-refractivity contribution in [1.82, 2.24) is 0 Å². The van der Waals surface area contributed by atoms with Crippen LogP contribution in [0.15, 0.2) is 59.1 Å². The molecule has 0 saturated carbocycles. The van der Waals surface area contributed by atoms with Gasteiger partial charge in [-0.3, -0.25) is 0 Å². The van der Waals surface area contributed by atoms with Crippen LogP contribution in [0, 0.1) is 0 Å². The first-order valence-corrected chi connectivity index (χ1v) is 7.03. The molecule has 4 heteroatoms. The van der Waals surface area contributed by atoms with Crippen LogP contribution in [0.1, 0.15) is 12.5 Å². The smallest absolute Gasteiger partial charge is 0.335 e. The summed E-state index contributed by atoms with van der Waals surface area (Å²) >= 11 is 3.39. The quantitative estimate of drug-likeness (QED) is 0.861. The number of ether oxygens (including phenoxy) is 1. The maximum atomic E-state index is 12.2. The highest BCUT2D eigenvalue weighted by atomic mass is 79.9. The first-order chi connectivity index (χ1) is 9.56. The molecule has 0 aliphatic rings. The molecule has 20 heavy (non-hydrogen) atoms. The fourth-order valence-electron chi connectivity index (χ4n) is 2.04. The van der Waals surface area contributed by atoms with E-state index >= 15 is 0 Å². The van der Waals surface area contributed by atoms with Crippen molar-refractivity contribution in [2.24, 2.45) is 0 Å². The summed E-state index contributed by atoms with van der Waals surface area (Å²) < 4.78 is 5.94. The molecule has 0 saturated heterocycles. The summed E-state index contributed by atoms with van der Waals surface area (Å²) in [6.07, 6.45) is 0. The molecule has 0 radical (unpaired) electrons. The predicted molar refractivity (Wildman–Crippen MR) is 83.6 cm³/mol. The van der Waals surface area contributed by atoms with Gasteiger partial charge in [-0.05, 0) is 36.8 Å². The summed E-state index contributed by atoms with van der Waals surface area (Å²) in [7, 11) is 1.40. The highest BCUT2D eigenvalue weighted by Gasteiger charge is 2.36. The number of methoxy groups -OCH3 is 1. The number of carbonyl (C=O) groups is 1. The molecule has 0 aromatic heterocycles. The maximum Gasteiger partial charge on any atom is 0.335 e. The maximum absolute atomic E-state index is 12.2. The van der Waals surface area contributed by atoms with E-state index in [0.29, 0.717) is 0 Å². The summed E-state index contributed by atoms with van der Waals surface area (Å²) in [5.41, 5.74) is 0.781. The summed E-state index contributed by atoms with van der Waals surface area (Å²) in [5, 5.41) is 3.25. The van der Waals surface area contributed by atoms with Crippen molar-refractivity contribution in [3.63, 3.8) is 0 Å².